The number of likely N-dealkylation sites (tertiary alicyclic amines) is 1. The van der Waals surface area contributed by atoms with Crippen LogP contribution in [-0.4, -0.2) is 49.1 Å². The molecule has 2 unspecified atom stereocenters. The summed E-state index contributed by atoms with van der Waals surface area (Å²) in [7, 11) is 2.21. The molecule has 2 heterocycles. The molecule has 5 heteroatoms. The van der Waals surface area contributed by atoms with E-state index >= 15 is 0 Å². The molecule has 1 aromatic heterocycles. The standard InChI is InChI=1S/C15H26BrN3S/c1-3-12(17)15(13-6-7-14(16)20-13)18(2)10-11-19-8-4-5-9-19/h6-7,12,15H,3-5,8-11,17H2,1-2H3. The van der Waals surface area contributed by atoms with Crippen LogP contribution in [0.5, 0.6) is 0 Å². The second-order valence-electron chi connectivity index (χ2n) is 5.69. The van der Waals surface area contributed by atoms with Gasteiger partial charge >= 0.3 is 0 Å². The van der Waals surface area contributed by atoms with Crippen LogP contribution in [0.2, 0.25) is 0 Å². The Morgan fingerprint density at radius 1 is 1.40 bits per heavy atom. The average Bonchev–Trinajstić information content (AvgIpc) is 3.08. The monoisotopic (exact) mass is 359 g/mol. The highest BCUT2D eigenvalue weighted by Gasteiger charge is 2.25. The van der Waals surface area contributed by atoms with Gasteiger partial charge in [0.1, 0.15) is 0 Å². The lowest BCUT2D eigenvalue weighted by Crippen LogP contribution is -2.41. The molecule has 2 rings (SSSR count). The smallest absolute Gasteiger partial charge is 0.0702 e. The van der Waals surface area contributed by atoms with Crippen LogP contribution in [-0.2, 0) is 0 Å². The summed E-state index contributed by atoms with van der Waals surface area (Å²) >= 11 is 5.37. The Morgan fingerprint density at radius 3 is 2.65 bits per heavy atom. The fraction of sp³-hybridized carbons (Fsp3) is 0.733. The molecule has 0 aliphatic carbocycles. The van der Waals surface area contributed by atoms with Crippen LogP contribution >= 0.6 is 27.3 Å². The first-order valence-electron chi connectivity index (χ1n) is 7.55. The summed E-state index contributed by atoms with van der Waals surface area (Å²) in [6.07, 6.45) is 3.73. The zero-order valence-electron chi connectivity index (χ0n) is 12.5. The van der Waals surface area contributed by atoms with Crippen LogP contribution < -0.4 is 5.73 Å². The van der Waals surface area contributed by atoms with Gasteiger partial charge in [0.05, 0.1) is 9.83 Å². The first-order chi connectivity index (χ1) is 9.61. The Bertz CT molecular complexity index is 404. The Labute approximate surface area is 135 Å². The van der Waals surface area contributed by atoms with Crippen LogP contribution in [0.1, 0.15) is 37.1 Å². The molecule has 1 aliphatic rings. The second-order valence-corrected chi connectivity index (χ2v) is 8.18. The van der Waals surface area contributed by atoms with Crippen molar-refractivity contribution in [1.29, 1.82) is 0 Å². The molecular weight excluding hydrogens is 334 g/mol. The van der Waals surface area contributed by atoms with Gasteiger partial charge in [-0.15, -0.1) is 11.3 Å². The number of nitrogens with two attached hydrogens (primary N) is 1. The maximum atomic E-state index is 6.38. The summed E-state index contributed by atoms with van der Waals surface area (Å²) in [6, 6.07) is 4.87. The molecule has 0 spiro atoms. The van der Waals surface area contributed by atoms with E-state index in [1.807, 2.05) is 11.3 Å². The van der Waals surface area contributed by atoms with Gasteiger partial charge in [0.2, 0.25) is 0 Å². The Kier molecular flexibility index (Phi) is 6.49. The molecule has 1 aromatic rings. The summed E-state index contributed by atoms with van der Waals surface area (Å²) in [4.78, 5) is 6.37. The lowest BCUT2D eigenvalue weighted by atomic mass is 10.0. The summed E-state index contributed by atoms with van der Waals surface area (Å²) < 4.78 is 1.19. The number of hydrogen-bond acceptors (Lipinski definition) is 4. The summed E-state index contributed by atoms with van der Waals surface area (Å²) in [5.74, 6) is 0. The van der Waals surface area contributed by atoms with E-state index in [2.05, 4.69) is 51.8 Å². The van der Waals surface area contributed by atoms with E-state index in [1.165, 1.54) is 34.6 Å². The number of rotatable bonds is 7. The fourth-order valence-corrected chi connectivity index (χ4v) is 4.58. The molecule has 0 radical (unpaired) electrons. The highest BCUT2D eigenvalue weighted by atomic mass is 79.9. The van der Waals surface area contributed by atoms with E-state index in [1.54, 1.807) is 0 Å². The fourth-order valence-electron chi connectivity index (χ4n) is 2.91. The third-order valence-electron chi connectivity index (χ3n) is 4.20. The van der Waals surface area contributed by atoms with Crippen molar-refractivity contribution < 1.29 is 0 Å². The Balaban J connectivity index is 1.98. The first kappa shape index (κ1) is 16.4. The van der Waals surface area contributed by atoms with Crippen LogP contribution in [0.3, 0.4) is 0 Å². The van der Waals surface area contributed by atoms with E-state index in [0.29, 0.717) is 6.04 Å². The molecule has 1 aliphatic heterocycles. The van der Waals surface area contributed by atoms with Crippen LogP contribution in [0, 0.1) is 0 Å². The molecule has 2 atom stereocenters. The molecule has 0 bridgehead atoms. The largest absolute Gasteiger partial charge is 0.326 e. The zero-order valence-corrected chi connectivity index (χ0v) is 14.9. The predicted octanol–water partition coefficient (Wildman–Crippen LogP) is 3.32. The van der Waals surface area contributed by atoms with Gasteiger partial charge < -0.3 is 10.6 Å². The molecular formula is C15H26BrN3S. The van der Waals surface area contributed by atoms with E-state index in [-0.39, 0.29) is 6.04 Å². The number of halogens is 1. The molecule has 1 saturated heterocycles. The summed E-state index contributed by atoms with van der Waals surface area (Å²) in [6.45, 7) is 6.96. The second kappa shape index (κ2) is 7.90. The highest BCUT2D eigenvalue weighted by Crippen LogP contribution is 2.32. The number of nitrogens with zero attached hydrogens (tertiary/aromatic N) is 2. The van der Waals surface area contributed by atoms with Crippen molar-refractivity contribution in [2.75, 3.05) is 33.2 Å². The third-order valence-corrected chi connectivity index (χ3v) is 5.90. The van der Waals surface area contributed by atoms with Gasteiger partial charge in [0.15, 0.2) is 0 Å². The number of hydrogen-bond donors (Lipinski definition) is 1. The molecule has 114 valence electrons. The minimum atomic E-state index is 0.198. The number of likely N-dealkylation sites (N-methyl/N-ethyl adjacent to an activating group) is 1. The molecule has 20 heavy (non-hydrogen) atoms. The molecule has 0 aromatic carbocycles. The van der Waals surface area contributed by atoms with Crippen molar-refractivity contribution in [3.05, 3.63) is 20.8 Å². The van der Waals surface area contributed by atoms with Gasteiger partial charge in [0, 0.05) is 24.0 Å². The van der Waals surface area contributed by atoms with Gasteiger partial charge in [-0.05, 0) is 67.5 Å². The van der Waals surface area contributed by atoms with E-state index in [9.17, 15) is 0 Å². The summed E-state index contributed by atoms with van der Waals surface area (Å²) in [5.41, 5.74) is 6.38. The van der Waals surface area contributed by atoms with Crippen molar-refractivity contribution in [1.82, 2.24) is 9.80 Å². The maximum absolute atomic E-state index is 6.38. The van der Waals surface area contributed by atoms with Gasteiger partial charge in [-0.2, -0.15) is 0 Å². The molecule has 0 saturated carbocycles. The van der Waals surface area contributed by atoms with E-state index in [4.69, 9.17) is 5.73 Å². The van der Waals surface area contributed by atoms with Gasteiger partial charge in [-0.3, -0.25) is 4.90 Å². The maximum Gasteiger partial charge on any atom is 0.0702 e. The first-order valence-corrected chi connectivity index (χ1v) is 9.16. The van der Waals surface area contributed by atoms with Crippen LogP contribution in [0.4, 0.5) is 0 Å². The van der Waals surface area contributed by atoms with Crippen molar-refractivity contribution in [2.45, 2.75) is 38.3 Å². The van der Waals surface area contributed by atoms with Crippen molar-refractivity contribution in [2.24, 2.45) is 5.73 Å². The third kappa shape index (κ3) is 4.28. The lowest BCUT2D eigenvalue weighted by Gasteiger charge is -2.32. The average molecular weight is 360 g/mol. The lowest BCUT2D eigenvalue weighted by molar-refractivity contribution is 0.184. The van der Waals surface area contributed by atoms with Crippen LogP contribution in [0.15, 0.2) is 15.9 Å². The van der Waals surface area contributed by atoms with Gasteiger partial charge in [0.25, 0.3) is 0 Å². The minimum Gasteiger partial charge on any atom is -0.326 e. The minimum absolute atomic E-state index is 0.198. The molecule has 1 fully saturated rings. The highest BCUT2D eigenvalue weighted by molar-refractivity contribution is 9.11. The van der Waals surface area contributed by atoms with Crippen molar-refractivity contribution >= 4 is 27.3 Å². The van der Waals surface area contributed by atoms with Crippen molar-refractivity contribution in [3.63, 3.8) is 0 Å². The molecule has 2 N–H and O–H groups in total. The summed E-state index contributed by atoms with van der Waals surface area (Å²) in [5, 5.41) is 0. The van der Waals surface area contributed by atoms with E-state index < -0.39 is 0 Å². The molecule has 3 nitrogen and oxygen atoms in total. The Morgan fingerprint density at radius 2 is 2.10 bits per heavy atom. The topological polar surface area (TPSA) is 32.5 Å². The van der Waals surface area contributed by atoms with Crippen molar-refractivity contribution in [3.8, 4) is 0 Å². The number of thiophene rings is 1. The van der Waals surface area contributed by atoms with E-state index in [0.717, 1.165) is 19.5 Å². The predicted molar refractivity (Wildman–Crippen MR) is 91.3 cm³/mol. The van der Waals surface area contributed by atoms with Gasteiger partial charge in [-0.25, -0.2) is 0 Å². The SMILES string of the molecule is CCC(N)C(c1ccc(Br)s1)N(C)CCN1CCCC1. The Hall–Kier alpha value is 0.0600. The normalized spacial score (nSPS) is 19.6. The zero-order chi connectivity index (χ0) is 14.5. The molecule has 0 amide bonds. The van der Waals surface area contributed by atoms with Crippen LogP contribution in [0.25, 0.3) is 0 Å². The quantitative estimate of drug-likeness (QED) is 0.810. The van der Waals surface area contributed by atoms with Gasteiger partial charge in [-0.1, -0.05) is 6.92 Å².